The SMILES string of the molecule is CS(=O)(=O)N1CCC[C@@H]2CN3CCc4c([nH]c5ccccc45)[C@@H]3C[C@@H]21. The Hall–Kier alpha value is -1.37. The summed E-state index contributed by atoms with van der Waals surface area (Å²) in [5.41, 5.74) is 3.97. The molecule has 2 fully saturated rings. The van der Waals surface area contributed by atoms with Gasteiger partial charge in [-0.15, -0.1) is 0 Å². The van der Waals surface area contributed by atoms with Crippen molar-refractivity contribution in [2.24, 2.45) is 5.92 Å². The molecular formula is C19H25N3O2S. The number of sulfonamides is 1. The molecule has 3 atom stereocenters. The van der Waals surface area contributed by atoms with Crippen LogP contribution in [0.25, 0.3) is 10.9 Å². The molecule has 0 aliphatic carbocycles. The molecule has 1 N–H and O–H groups in total. The van der Waals surface area contributed by atoms with E-state index in [0.29, 0.717) is 18.5 Å². The van der Waals surface area contributed by atoms with E-state index in [0.717, 1.165) is 38.8 Å². The molecule has 3 aliphatic rings. The molecule has 6 heteroatoms. The Morgan fingerprint density at radius 3 is 2.88 bits per heavy atom. The number of nitrogens with one attached hydrogen (secondary N) is 1. The Bertz CT molecular complexity index is 920. The fourth-order valence-corrected chi connectivity index (χ4v) is 6.63. The van der Waals surface area contributed by atoms with Crippen molar-refractivity contribution in [2.75, 3.05) is 25.9 Å². The Balaban J connectivity index is 1.55. The van der Waals surface area contributed by atoms with Gasteiger partial charge in [-0.25, -0.2) is 8.42 Å². The van der Waals surface area contributed by atoms with E-state index in [9.17, 15) is 8.42 Å². The molecule has 5 nitrogen and oxygen atoms in total. The van der Waals surface area contributed by atoms with E-state index in [1.54, 1.807) is 4.31 Å². The van der Waals surface area contributed by atoms with Crippen LogP contribution in [-0.2, 0) is 16.4 Å². The third kappa shape index (κ3) is 2.46. The summed E-state index contributed by atoms with van der Waals surface area (Å²) in [6, 6.07) is 9.00. The van der Waals surface area contributed by atoms with Crippen molar-refractivity contribution in [1.29, 1.82) is 0 Å². The van der Waals surface area contributed by atoms with E-state index in [4.69, 9.17) is 0 Å². The molecule has 0 saturated carbocycles. The third-order valence-corrected chi connectivity index (χ3v) is 7.80. The number of aromatic amines is 1. The molecular weight excluding hydrogens is 334 g/mol. The zero-order valence-electron chi connectivity index (χ0n) is 14.6. The van der Waals surface area contributed by atoms with Crippen molar-refractivity contribution in [1.82, 2.24) is 14.2 Å². The molecule has 3 aliphatic heterocycles. The molecule has 0 radical (unpaired) electrons. The van der Waals surface area contributed by atoms with Crippen molar-refractivity contribution in [3.05, 3.63) is 35.5 Å². The normalized spacial score (nSPS) is 30.7. The van der Waals surface area contributed by atoms with Crippen LogP contribution in [0.5, 0.6) is 0 Å². The second-order valence-electron chi connectivity index (χ2n) is 7.90. The zero-order chi connectivity index (χ0) is 17.2. The van der Waals surface area contributed by atoms with Crippen molar-refractivity contribution in [2.45, 2.75) is 37.8 Å². The quantitative estimate of drug-likeness (QED) is 0.851. The van der Waals surface area contributed by atoms with E-state index in [-0.39, 0.29) is 6.04 Å². The third-order valence-electron chi connectivity index (χ3n) is 6.50. The van der Waals surface area contributed by atoms with Crippen LogP contribution in [-0.4, -0.2) is 54.5 Å². The molecule has 5 rings (SSSR count). The van der Waals surface area contributed by atoms with Crippen molar-refractivity contribution in [3.63, 3.8) is 0 Å². The highest BCUT2D eigenvalue weighted by Gasteiger charge is 2.45. The van der Waals surface area contributed by atoms with Gasteiger partial charge in [-0.1, -0.05) is 18.2 Å². The average Bonchev–Trinajstić information content (AvgIpc) is 2.98. The predicted molar refractivity (Wildman–Crippen MR) is 99.0 cm³/mol. The highest BCUT2D eigenvalue weighted by atomic mass is 32.2. The molecule has 134 valence electrons. The van der Waals surface area contributed by atoms with Gasteiger partial charge < -0.3 is 4.98 Å². The summed E-state index contributed by atoms with van der Waals surface area (Å²) in [5, 5.41) is 1.34. The zero-order valence-corrected chi connectivity index (χ0v) is 15.4. The predicted octanol–water partition coefficient (Wildman–Crippen LogP) is 2.51. The first kappa shape index (κ1) is 15.9. The van der Waals surface area contributed by atoms with Crippen LogP contribution in [0, 0.1) is 5.92 Å². The molecule has 0 spiro atoms. The van der Waals surface area contributed by atoms with Gasteiger partial charge in [-0.3, -0.25) is 4.90 Å². The second kappa shape index (κ2) is 5.56. The molecule has 0 unspecified atom stereocenters. The Labute approximate surface area is 149 Å². The highest BCUT2D eigenvalue weighted by molar-refractivity contribution is 7.88. The summed E-state index contributed by atoms with van der Waals surface area (Å²) in [5.74, 6) is 0.477. The summed E-state index contributed by atoms with van der Waals surface area (Å²) in [6.45, 7) is 2.80. The van der Waals surface area contributed by atoms with Crippen LogP contribution in [0.3, 0.4) is 0 Å². The number of para-hydroxylation sites is 1. The standard InChI is InChI=1S/C19H25N3O2S/c1-25(23,24)22-9-4-5-13-12-21-10-8-15-14-6-2-3-7-16(14)20-19(15)18(21)11-17(13)22/h2-3,6-7,13,17-18,20H,4-5,8-12H2,1H3/t13-,17+,18+/m1/s1. The number of nitrogens with zero attached hydrogens (tertiary/aromatic N) is 2. The first-order valence-corrected chi connectivity index (χ1v) is 11.2. The summed E-state index contributed by atoms with van der Waals surface area (Å²) in [4.78, 5) is 6.24. The maximum atomic E-state index is 12.3. The maximum Gasteiger partial charge on any atom is 0.211 e. The molecule has 25 heavy (non-hydrogen) atoms. The van der Waals surface area contributed by atoms with Gasteiger partial charge in [-0.2, -0.15) is 4.31 Å². The Kier molecular flexibility index (Phi) is 3.53. The van der Waals surface area contributed by atoms with Crippen molar-refractivity contribution < 1.29 is 8.42 Å². The van der Waals surface area contributed by atoms with Crippen LogP contribution >= 0.6 is 0 Å². The lowest BCUT2D eigenvalue weighted by atomic mass is 9.79. The molecule has 1 aromatic heterocycles. The molecule has 1 aromatic carbocycles. The van der Waals surface area contributed by atoms with Gasteiger partial charge in [-0.05, 0) is 43.2 Å². The number of benzene rings is 1. The summed E-state index contributed by atoms with van der Waals surface area (Å²) in [7, 11) is -3.13. The number of fused-ring (bicyclic) bond motifs is 6. The van der Waals surface area contributed by atoms with Crippen LogP contribution in [0.15, 0.2) is 24.3 Å². The minimum absolute atomic E-state index is 0.155. The minimum atomic E-state index is -3.13. The first-order chi connectivity index (χ1) is 12.0. The van der Waals surface area contributed by atoms with Crippen molar-refractivity contribution >= 4 is 20.9 Å². The Morgan fingerprint density at radius 2 is 2.04 bits per heavy atom. The lowest BCUT2D eigenvalue weighted by Crippen LogP contribution is -2.57. The van der Waals surface area contributed by atoms with E-state index in [1.165, 1.54) is 28.4 Å². The van der Waals surface area contributed by atoms with E-state index < -0.39 is 10.0 Å². The topological polar surface area (TPSA) is 56.4 Å². The number of aromatic nitrogens is 1. The van der Waals surface area contributed by atoms with Gasteiger partial charge >= 0.3 is 0 Å². The average molecular weight is 359 g/mol. The lowest BCUT2D eigenvalue weighted by Gasteiger charge is -2.51. The smallest absolute Gasteiger partial charge is 0.211 e. The van der Waals surface area contributed by atoms with E-state index >= 15 is 0 Å². The molecule has 0 bridgehead atoms. The summed E-state index contributed by atoms with van der Waals surface area (Å²) < 4.78 is 26.4. The van der Waals surface area contributed by atoms with E-state index in [2.05, 4.69) is 34.1 Å². The number of hydrogen-bond donors (Lipinski definition) is 1. The van der Waals surface area contributed by atoms with Crippen LogP contribution in [0.4, 0.5) is 0 Å². The largest absolute Gasteiger partial charge is 0.357 e. The number of piperidine rings is 2. The van der Waals surface area contributed by atoms with Gasteiger partial charge in [0.15, 0.2) is 0 Å². The molecule has 2 aromatic rings. The van der Waals surface area contributed by atoms with E-state index in [1.807, 2.05) is 0 Å². The van der Waals surface area contributed by atoms with Crippen molar-refractivity contribution in [3.8, 4) is 0 Å². The van der Waals surface area contributed by atoms with Gasteiger partial charge in [0.25, 0.3) is 0 Å². The van der Waals surface area contributed by atoms with Gasteiger partial charge in [0.05, 0.1) is 12.3 Å². The van der Waals surface area contributed by atoms with Gasteiger partial charge in [0, 0.05) is 42.3 Å². The number of H-pyrrole nitrogens is 1. The fraction of sp³-hybridized carbons (Fsp3) is 0.579. The monoisotopic (exact) mass is 359 g/mol. The number of hydrogen-bond acceptors (Lipinski definition) is 3. The van der Waals surface area contributed by atoms with Gasteiger partial charge in [0.2, 0.25) is 10.0 Å². The summed E-state index contributed by atoms with van der Waals surface area (Å²) in [6.07, 6.45) is 5.52. The van der Waals surface area contributed by atoms with Crippen LogP contribution in [0.2, 0.25) is 0 Å². The summed E-state index contributed by atoms with van der Waals surface area (Å²) >= 11 is 0. The Morgan fingerprint density at radius 1 is 1.20 bits per heavy atom. The van der Waals surface area contributed by atoms with Crippen LogP contribution in [0.1, 0.15) is 36.6 Å². The second-order valence-corrected chi connectivity index (χ2v) is 9.84. The number of rotatable bonds is 1. The molecule has 0 amide bonds. The molecule has 2 saturated heterocycles. The van der Waals surface area contributed by atoms with Crippen LogP contribution < -0.4 is 0 Å². The fourth-order valence-electron chi connectivity index (χ4n) is 5.42. The highest BCUT2D eigenvalue weighted by Crippen LogP contribution is 2.44. The van der Waals surface area contributed by atoms with Gasteiger partial charge in [0.1, 0.15) is 0 Å². The first-order valence-electron chi connectivity index (χ1n) is 9.33. The molecule has 4 heterocycles. The minimum Gasteiger partial charge on any atom is -0.357 e. The maximum absolute atomic E-state index is 12.3. The lowest BCUT2D eigenvalue weighted by molar-refractivity contribution is 0.0210.